The zero-order valence-corrected chi connectivity index (χ0v) is 18.9. The highest BCUT2D eigenvalue weighted by atomic mass is 16.5. The van der Waals surface area contributed by atoms with E-state index in [1.807, 2.05) is 61.2 Å². The van der Waals surface area contributed by atoms with Crippen LogP contribution in [0.1, 0.15) is 25.8 Å². The third kappa shape index (κ3) is 6.64. The molecule has 0 radical (unpaired) electrons. The summed E-state index contributed by atoms with van der Waals surface area (Å²) in [5.74, 6) is 1.98. The molecule has 0 aliphatic carbocycles. The fraction of sp³-hybridized carbons (Fsp3) is 0.440. The normalized spacial score (nSPS) is 13.9. The quantitative estimate of drug-likeness (QED) is 0.599. The highest BCUT2D eigenvalue weighted by Gasteiger charge is 2.22. The number of amides is 2. The third-order valence-corrected chi connectivity index (χ3v) is 5.29. The van der Waals surface area contributed by atoms with Gasteiger partial charge < -0.3 is 24.0 Å². The van der Waals surface area contributed by atoms with Crippen LogP contribution in [0.2, 0.25) is 0 Å². The van der Waals surface area contributed by atoms with Crippen molar-refractivity contribution in [3.05, 3.63) is 54.1 Å². The Hall–Kier alpha value is -3.22. The Morgan fingerprint density at radius 2 is 1.34 bits per heavy atom. The van der Waals surface area contributed by atoms with Gasteiger partial charge in [-0.05, 0) is 50.1 Å². The van der Waals surface area contributed by atoms with E-state index in [1.54, 1.807) is 11.0 Å². The van der Waals surface area contributed by atoms with E-state index in [4.69, 9.17) is 14.2 Å². The number of benzene rings is 2. The SMILES string of the molecule is CCOc1ccc(CC(=O)N2CCCN(C(=O)COc3ccccc3OCC)CC2)cc1. The van der Waals surface area contributed by atoms with Gasteiger partial charge in [-0.2, -0.15) is 0 Å². The maximum absolute atomic E-state index is 12.8. The molecule has 32 heavy (non-hydrogen) atoms. The molecule has 0 unspecified atom stereocenters. The van der Waals surface area contributed by atoms with Crippen molar-refractivity contribution in [3.63, 3.8) is 0 Å². The maximum Gasteiger partial charge on any atom is 0.260 e. The van der Waals surface area contributed by atoms with Crippen LogP contribution in [0.25, 0.3) is 0 Å². The Morgan fingerprint density at radius 3 is 1.97 bits per heavy atom. The topological polar surface area (TPSA) is 68.3 Å². The summed E-state index contributed by atoms with van der Waals surface area (Å²) in [7, 11) is 0. The molecule has 0 aromatic heterocycles. The highest BCUT2D eigenvalue weighted by Crippen LogP contribution is 2.26. The van der Waals surface area contributed by atoms with Crippen molar-refractivity contribution in [2.75, 3.05) is 46.0 Å². The van der Waals surface area contributed by atoms with Crippen LogP contribution in [0.5, 0.6) is 17.2 Å². The molecule has 1 fully saturated rings. The van der Waals surface area contributed by atoms with Crippen LogP contribution in [0.3, 0.4) is 0 Å². The van der Waals surface area contributed by atoms with Gasteiger partial charge >= 0.3 is 0 Å². The number of rotatable bonds is 9. The first-order chi connectivity index (χ1) is 15.6. The van der Waals surface area contributed by atoms with Crippen molar-refractivity contribution < 1.29 is 23.8 Å². The summed E-state index contributed by atoms with van der Waals surface area (Å²) in [6.07, 6.45) is 1.09. The predicted octanol–water partition coefficient (Wildman–Crippen LogP) is 3.17. The summed E-state index contributed by atoms with van der Waals surface area (Å²) < 4.78 is 16.7. The van der Waals surface area contributed by atoms with Crippen LogP contribution >= 0.6 is 0 Å². The summed E-state index contributed by atoms with van der Waals surface area (Å²) in [5.41, 5.74) is 0.956. The van der Waals surface area contributed by atoms with Gasteiger partial charge in [0.1, 0.15) is 5.75 Å². The van der Waals surface area contributed by atoms with E-state index in [-0.39, 0.29) is 18.4 Å². The zero-order valence-electron chi connectivity index (χ0n) is 18.9. The first kappa shape index (κ1) is 23.4. The molecule has 0 saturated carbocycles. The minimum atomic E-state index is -0.0860. The number of ether oxygens (including phenoxy) is 3. The summed E-state index contributed by atoms with van der Waals surface area (Å²) in [5, 5.41) is 0. The lowest BCUT2D eigenvalue weighted by atomic mass is 10.1. The molecule has 1 aliphatic rings. The van der Waals surface area contributed by atoms with E-state index >= 15 is 0 Å². The number of carbonyl (C=O) groups excluding carboxylic acids is 2. The smallest absolute Gasteiger partial charge is 0.260 e. The lowest BCUT2D eigenvalue weighted by molar-refractivity contribution is -0.134. The first-order valence-corrected chi connectivity index (χ1v) is 11.2. The molecule has 7 nitrogen and oxygen atoms in total. The van der Waals surface area contributed by atoms with Gasteiger partial charge in [-0.25, -0.2) is 0 Å². The number of hydrogen-bond acceptors (Lipinski definition) is 5. The number of para-hydroxylation sites is 2. The molecule has 1 saturated heterocycles. The second-order valence-corrected chi connectivity index (χ2v) is 7.54. The van der Waals surface area contributed by atoms with Gasteiger partial charge in [0.15, 0.2) is 18.1 Å². The van der Waals surface area contributed by atoms with Crippen LogP contribution < -0.4 is 14.2 Å². The van der Waals surface area contributed by atoms with E-state index in [0.29, 0.717) is 57.3 Å². The summed E-state index contributed by atoms with van der Waals surface area (Å²) >= 11 is 0. The maximum atomic E-state index is 12.8. The van der Waals surface area contributed by atoms with E-state index < -0.39 is 0 Å². The summed E-state index contributed by atoms with van der Waals surface area (Å²) in [4.78, 5) is 29.1. The van der Waals surface area contributed by atoms with Crippen molar-refractivity contribution in [3.8, 4) is 17.2 Å². The van der Waals surface area contributed by atoms with Crippen molar-refractivity contribution >= 4 is 11.8 Å². The molecule has 0 spiro atoms. The number of hydrogen-bond donors (Lipinski definition) is 0. The number of carbonyl (C=O) groups is 2. The summed E-state index contributed by atoms with van der Waals surface area (Å²) in [6, 6.07) is 15.0. The van der Waals surface area contributed by atoms with Gasteiger partial charge in [0.05, 0.1) is 19.6 Å². The van der Waals surface area contributed by atoms with E-state index in [9.17, 15) is 9.59 Å². The fourth-order valence-corrected chi connectivity index (χ4v) is 3.65. The number of nitrogens with zero attached hydrogens (tertiary/aromatic N) is 2. The molecule has 0 N–H and O–H groups in total. The van der Waals surface area contributed by atoms with Crippen molar-refractivity contribution in [2.24, 2.45) is 0 Å². The molecule has 3 rings (SSSR count). The molecule has 7 heteroatoms. The van der Waals surface area contributed by atoms with Crippen LogP contribution in [-0.2, 0) is 16.0 Å². The van der Waals surface area contributed by atoms with E-state index in [0.717, 1.165) is 17.7 Å². The van der Waals surface area contributed by atoms with Crippen LogP contribution in [0.15, 0.2) is 48.5 Å². The van der Waals surface area contributed by atoms with Gasteiger partial charge in [-0.3, -0.25) is 9.59 Å². The van der Waals surface area contributed by atoms with Crippen LogP contribution in [-0.4, -0.2) is 67.6 Å². The van der Waals surface area contributed by atoms with E-state index in [1.165, 1.54) is 0 Å². The van der Waals surface area contributed by atoms with Crippen LogP contribution in [0, 0.1) is 0 Å². The van der Waals surface area contributed by atoms with Gasteiger partial charge in [-0.15, -0.1) is 0 Å². The minimum absolute atomic E-state index is 0.0514. The van der Waals surface area contributed by atoms with Gasteiger partial charge in [-0.1, -0.05) is 24.3 Å². The third-order valence-electron chi connectivity index (χ3n) is 5.29. The zero-order chi connectivity index (χ0) is 22.8. The molecule has 1 heterocycles. The minimum Gasteiger partial charge on any atom is -0.494 e. The molecule has 0 bridgehead atoms. The standard InChI is InChI=1S/C25H32N2O5/c1-3-30-21-12-10-20(11-13-21)18-24(28)26-14-7-15-27(17-16-26)25(29)19-32-23-9-6-5-8-22(23)31-4-2/h5-6,8-13H,3-4,7,14-19H2,1-2H3. The lowest BCUT2D eigenvalue weighted by Crippen LogP contribution is -2.39. The molecule has 2 aromatic rings. The van der Waals surface area contributed by atoms with Crippen molar-refractivity contribution in [1.82, 2.24) is 9.80 Å². The largest absolute Gasteiger partial charge is 0.494 e. The average Bonchev–Trinajstić information content (AvgIpc) is 3.06. The average molecular weight is 441 g/mol. The lowest BCUT2D eigenvalue weighted by Gasteiger charge is -2.22. The van der Waals surface area contributed by atoms with Crippen LogP contribution in [0.4, 0.5) is 0 Å². The fourth-order valence-electron chi connectivity index (χ4n) is 3.65. The Bertz CT molecular complexity index is 884. The Morgan fingerprint density at radius 1 is 0.750 bits per heavy atom. The second kappa shape index (κ2) is 12.0. The highest BCUT2D eigenvalue weighted by molar-refractivity contribution is 5.80. The van der Waals surface area contributed by atoms with Gasteiger partial charge in [0.2, 0.25) is 5.91 Å². The van der Waals surface area contributed by atoms with Gasteiger partial charge in [0.25, 0.3) is 5.91 Å². The Labute approximate surface area is 189 Å². The molecule has 1 aliphatic heterocycles. The Balaban J connectivity index is 1.48. The van der Waals surface area contributed by atoms with E-state index in [2.05, 4.69) is 0 Å². The molecule has 0 atom stereocenters. The molecular weight excluding hydrogens is 408 g/mol. The molecular formula is C25H32N2O5. The Kier molecular flexibility index (Phi) is 8.78. The van der Waals surface area contributed by atoms with Crippen molar-refractivity contribution in [2.45, 2.75) is 26.7 Å². The molecule has 2 aromatic carbocycles. The van der Waals surface area contributed by atoms with Gasteiger partial charge in [0, 0.05) is 26.2 Å². The monoisotopic (exact) mass is 440 g/mol. The molecule has 2 amide bonds. The predicted molar refractivity (Wildman–Crippen MR) is 122 cm³/mol. The first-order valence-electron chi connectivity index (χ1n) is 11.2. The second-order valence-electron chi connectivity index (χ2n) is 7.54. The molecule has 172 valence electrons. The summed E-state index contributed by atoms with van der Waals surface area (Å²) in [6.45, 7) is 7.23. The van der Waals surface area contributed by atoms with Crippen molar-refractivity contribution in [1.29, 1.82) is 0 Å².